The first-order valence-electron chi connectivity index (χ1n) is 9.54. The van der Waals surface area contributed by atoms with Crippen molar-refractivity contribution in [1.82, 2.24) is 9.88 Å². The van der Waals surface area contributed by atoms with E-state index in [0.717, 1.165) is 34.8 Å². The molecule has 5 heteroatoms. The van der Waals surface area contributed by atoms with Crippen LogP contribution in [0.4, 0.5) is 0 Å². The summed E-state index contributed by atoms with van der Waals surface area (Å²) in [4.78, 5) is 20.9. The van der Waals surface area contributed by atoms with Gasteiger partial charge in [0.25, 0.3) is 0 Å². The molecule has 1 aromatic heterocycles. The fourth-order valence-corrected chi connectivity index (χ4v) is 5.79. The summed E-state index contributed by atoms with van der Waals surface area (Å²) >= 11 is 3.34. The van der Waals surface area contributed by atoms with Crippen molar-refractivity contribution in [2.24, 2.45) is 0 Å². The van der Waals surface area contributed by atoms with E-state index in [2.05, 4.69) is 42.5 Å². The summed E-state index contributed by atoms with van der Waals surface area (Å²) < 4.78 is 1.20. The van der Waals surface area contributed by atoms with Crippen LogP contribution in [0.25, 0.3) is 21.0 Å². The highest BCUT2D eigenvalue weighted by molar-refractivity contribution is 8.00. The summed E-state index contributed by atoms with van der Waals surface area (Å²) in [7, 11) is 0. The number of hydrogen-bond acceptors (Lipinski definition) is 4. The molecule has 28 heavy (non-hydrogen) atoms. The van der Waals surface area contributed by atoms with Crippen LogP contribution in [0, 0.1) is 0 Å². The molecule has 0 aliphatic carbocycles. The number of carbonyl (C=O) groups excluding carboxylic acids is 1. The SMILES string of the molecule is O=C(CSc1ccc2ccccc2c1)N1CCC[C@@H]1c1nc2ccccc2s1. The minimum absolute atomic E-state index is 0.127. The zero-order chi connectivity index (χ0) is 18.9. The maximum Gasteiger partial charge on any atom is 0.233 e. The van der Waals surface area contributed by atoms with Gasteiger partial charge in [0.05, 0.1) is 22.0 Å². The van der Waals surface area contributed by atoms with Crippen LogP contribution in [-0.2, 0) is 4.79 Å². The molecular weight excluding hydrogens is 384 g/mol. The van der Waals surface area contributed by atoms with E-state index in [0.29, 0.717) is 5.75 Å². The summed E-state index contributed by atoms with van der Waals surface area (Å²) in [6.07, 6.45) is 2.05. The van der Waals surface area contributed by atoms with Crippen molar-refractivity contribution in [2.75, 3.05) is 12.3 Å². The molecule has 2 heterocycles. The van der Waals surface area contributed by atoms with Crippen molar-refractivity contribution in [2.45, 2.75) is 23.8 Å². The predicted octanol–water partition coefficient (Wildman–Crippen LogP) is 5.91. The number of nitrogens with zero attached hydrogens (tertiary/aromatic N) is 2. The van der Waals surface area contributed by atoms with Crippen LogP contribution in [0.15, 0.2) is 71.6 Å². The highest BCUT2D eigenvalue weighted by Gasteiger charge is 2.32. The number of thioether (sulfide) groups is 1. The van der Waals surface area contributed by atoms with Gasteiger partial charge in [0, 0.05) is 11.4 Å². The average molecular weight is 405 g/mol. The van der Waals surface area contributed by atoms with Gasteiger partial charge in [-0.05, 0) is 47.9 Å². The molecule has 0 bridgehead atoms. The van der Waals surface area contributed by atoms with E-state index >= 15 is 0 Å². The lowest BCUT2D eigenvalue weighted by atomic mass is 10.1. The molecule has 1 saturated heterocycles. The average Bonchev–Trinajstić information content (AvgIpc) is 3.38. The Morgan fingerprint density at radius 3 is 2.79 bits per heavy atom. The summed E-state index contributed by atoms with van der Waals surface area (Å²) in [5, 5.41) is 3.52. The second-order valence-corrected chi connectivity index (χ2v) is 9.17. The van der Waals surface area contributed by atoms with Gasteiger partial charge in [-0.3, -0.25) is 4.79 Å². The summed E-state index contributed by atoms with van der Waals surface area (Å²) in [5.74, 6) is 0.680. The van der Waals surface area contributed by atoms with Crippen molar-refractivity contribution in [3.05, 3.63) is 71.7 Å². The smallest absolute Gasteiger partial charge is 0.233 e. The first kappa shape index (κ1) is 17.7. The van der Waals surface area contributed by atoms with Crippen molar-refractivity contribution >= 4 is 50.0 Å². The molecule has 3 nitrogen and oxygen atoms in total. The lowest BCUT2D eigenvalue weighted by Gasteiger charge is -2.23. The second kappa shape index (κ2) is 7.57. The highest BCUT2D eigenvalue weighted by Crippen LogP contribution is 2.37. The van der Waals surface area contributed by atoms with Crippen molar-refractivity contribution in [3.63, 3.8) is 0 Å². The Morgan fingerprint density at radius 2 is 1.89 bits per heavy atom. The summed E-state index contributed by atoms with van der Waals surface area (Å²) in [5.41, 5.74) is 1.03. The number of amides is 1. The molecular formula is C23H20N2OS2. The number of carbonyl (C=O) groups is 1. The number of para-hydroxylation sites is 1. The minimum atomic E-state index is 0.127. The largest absolute Gasteiger partial charge is 0.332 e. The Labute approximate surface area is 172 Å². The van der Waals surface area contributed by atoms with Gasteiger partial charge in [-0.25, -0.2) is 4.98 Å². The molecule has 1 fully saturated rings. The molecule has 1 aliphatic rings. The topological polar surface area (TPSA) is 33.2 Å². The van der Waals surface area contributed by atoms with E-state index in [9.17, 15) is 4.79 Å². The van der Waals surface area contributed by atoms with Crippen LogP contribution in [0.1, 0.15) is 23.9 Å². The van der Waals surface area contributed by atoms with Gasteiger partial charge in [-0.1, -0.05) is 42.5 Å². The van der Waals surface area contributed by atoms with Crippen LogP contribution in [-0.4, -0.2) is 28.1 Å². The monoisotopic (exact) mass is 404 g/mol. The lowest BCUT2D eigenvalue weighted by molar-refractivity contribution is -0.129. The standard InChI is InChI=1S/C23H20N2OS2/c26-22(15-27-18-12-11-16-6-1-2-7-17(16)14-18)25-13-5-9-20(25)23-24-19-8-3-4-10-21(19)28-23/h1-4,6-8,10-12,14,20H,5,9,13,15H2/t20-/m1/s1. The Balaban J connectivity index is 1.30. The van der Waals surface area contributed by atoms with Crippen LogP contribution in [0.2, 0.25) is 0 Å². The zero-order valence-corrected chi connectivity index (χ0v) is 17.0. The maximum absolute atomic E-state index is 13.0. The number of thiazole rings is 1. The van der Waals surface area contributed by atoms with Crippen molar-refractivity contribution in [1.29, 1.82) is 0 Å². The number of rotatable bonds is 4. The highest BCUT2D eigenvalue weighted by atomic mass is 32.2. The van der Waals surface area contributed by atoms with Gasteiger partial charge in [0.2, 0.25) is 5.91 Å². The Hall–Kier alpha value is -2.37. The number of aromatic nitrogens is 1. The summed E-state index contributed by atoms with van der Waals surface area (Å²) in [6.45, 7) is 0.831. The van der Waals surface area contributed by atoms with Gasteiger partial charge >= 0.3 is 0 Å². The third-order valence-electron chi connectivity index (χ3n) is 5.25. The fraction of sp³-hybridized carbons (Fsp3) is 0.217. The van der Waals surface area contributed by atoms with Gasteiger partial charge in [0.1, 0.15) is 5.01 Å². The van der Waals surface area contributed by atoms with Gasteiger partial charge in [0.15, 0.2) is 0 Å². The lowest BCUT2D eigenvalue weighted by Crippen LogP contribution is -2.31. The summed E-state index contributed by atoms with van der Waals surface area (Å²) in [6, 6.07) is 23.1. The first-order valence-corrected chi connectivity index (χ1v) is 11.3. The van der Waals surface area contributed by atoms with Gasteiger partial charge < -0.3 is 4.90 Å². The molecule has 0 radical (unpaired) electrons. The molecule has 0 unspecified atom stereocenters. The zero-order valence-electron chi connectivity index (χ0n) is 15.4. The van der Waals surface area contributed by atoms with E-state index in [-0.39, 0.29) is 11.9 Å². The van der Waals surface area contributed by atoms with Crippen LogP contribution < -0.4 is 0 Å². The number of benzene rings is 3. The molecule has 1 amide bonds. The Kier molecular flexibility index (Phi) is 4.79. The maximum atomic E-state index is 13.0. The number of fused-ring (bicyclic) bond motifs is 2. The molecule has 3 aromatic carbocycles. The molecule has 0 spiro atoms. The van der Waals surface area contributed by atoms with Crippen molar-refractivity contribution in [3.8, 4) is 0 Å². The third-order valence-corrected chi connectivity index (χ3v) is 7.37. The molecule has 4 aromatic rings. The fourth-order valence-electron chi connectivity index (χ4n) is 3.84. The van der Waals surface area contributed by atoms with E-state index in [4.69, 9.17) is 4.98 Å². The first-order chi connectivity index (χ1) is 13.8. The quantitative estimate of drug-likeness (QED) is 0.397. The van der Waals surface area contributed by atoms with E-state index < -0.39 is 0 Å². The van der Waals surface area contributed by atoms with E-state index in [1.165, 1.54) is 15.5 Å². The predicted molar refractivity (Wildman–Crippen MR) is 118 cm³/mol. The van der Waals surface area contributed by atoms with Gasteiger partial charge in [-0.2, -0.15) is 0 Å². The van der Waals surface area contributed by atoms with Crippen LogP contribution in [0.3, 0.4) is 0 Å². The normalized spacial score (nSPS) is 16.9. The van der Waals surface area contributed by atoms with Crippen LogP contribution in [0.5, 0.6) is 0 Å². The third kappa shape index (κ3) is 3.40. The molecule has 1 atom stereocenters. The van der Waals surface area contributed by atoms with Gasteiger partial charge in [-0.15, -0.1) is 23.1 Å². The Morgan fingerprint density at radius 1 is 1.07 bits per heavy atom. The molecule has 140 valence electrons. The number of hydrogen-bond donors (Lipinski definition) is 0. The van der Waals surface area contributed by atoms with E-state index in [1.807, 2.05) is 29.2 Å². The molecule has 0 N–H and O–H groups in total. The molecule has 5 rings (SSSR count). The second-order valence-electron chi connectivity index (χ2n) is 7.06. The van der Waals surface area contributed by atoms with E-state index in [1.54, 1.807) is 23.1 Å². The minimum Gasteiger partial charge on any atom is -0.332 e. The number of likely N-dealkylation sites (tertiary alicyclic amines) is 1. The molecule has 0 saturated carbocycles. The molecule has 1 aliphatic heterocycles. The Bertz CT molecular complexity index is 1120. The van der Waals surface area contributed by atoms with Crippen molar-refractivity contribution < 1.29 is 4.79 Å². The van der Waals surface area contributed by atoms with Crippen LogP contribution >= 0.6 is 23.1 Å².